The molecule has 112 valence electrons. The molecule has 2 fully saturated rings. The average Bonchev–Trinajstić information content (AvgIpc) is 2.89. The first-order valence-electron chi connectivity index (χ1n) is 7.08. The molecule has 0 aliphatic carbocycles. The topological polar surface area (TPSA) is 39.1 Å². The van der Waals surface area contributed by atoms with Gasteiger partial charge < -0.3 is 10.2 Å². The minimum Gasteiger partial charge on any atom is -0.370 e. The number of alkyl halides is 3. The zero-order valence-corrected chi connectivity index (χ0v) is 11.5. The van der Waals surface area contributed by atoms with Crippen molar-refractivity contribution in [1.29, 1.82) is 5.26 Å². The van der Waals surface area contributed by atoms with Gasteiger partial charge in [0, 0.05) is 24.8 Å². The Kier molecular flexibility index (Phi) is 3.54. The highest BCUT2D eigenvalue weighted by atomic mass is 19.4. The van der Waals surface area contributed by atoms with Crippen LogP contribution in [-0.4, -0.2) is 25.7 Å². The Morgan fingerprint density at radius 3 is 2.76 bits per heavy atom. The molecular weight excluding hydrogens is 279 g/mol. The van der Waals surface area contributed by atoms with E-state index in [0.717, 1.165) is 38.5 Å². The number of halogens is 3. The van der Waals surface area contributed by atoms with Crippen molar-refractivity contribution in [2.24, 2.45) is 5.92 Å². The molecule has 3 nitrogen and oxygen atoms in total. The van der Waals surface area contributed by atoms with Gasteiger partial charge >= 0.3 is 6.18 Å². The lowest BCUT2D eigenvalue weighted by Gasteiger charge is -2.24. The van der Waals surface area contributed by atoms with Crippen LogP contribution in [0.15, 0.2) is 18.2 Å². The zero-order chi connectivity index (χ0) is 15.0. The van der Waals surface area contributed by atoms with Crippen LogP contribution in [-0.2, 0) is 6.18 Å². The van der Waals surface area contributed by atoms with Gasteiger partial charge in [0.25, 0.3) is 0 Å². The Morgan fingerprint density at radius 1 is 1.29 bits per heavy atom. The number of fused-ring (bicyclic) bond motifs is 1. The summed E-state index contributed by atoms with van der Waals surface area (Å²) in [4.78, 5) is 2.08. The van der Waals surface area contributed by atoms with Crippen LogP contribution < -0.4 is 10.2 Å². The Balaban J connectivity index is 1.86. The van der Waals surface area contributed by atoms with E-state index in [2.05, 4.69) is 10.2 Å². The monoisotopic (exact) mass is 295 g/mol. The van der Waals surface area contributed by atoms with Crippen molar-refractivity contribution in [3.05, 3.63) is 29.3 Å². The number of hydrogen-bond donors (Lipinski definition) is 1. The fraction of sp³-hybridized carbons (Fsp3) is 0.533. The van der Waals surface area contributed by atoms with Crippen molar-refractivity contribution < 1.29 is 13.2 Å². The number of nitrogens with zero attached hydrogens (tertiary/aromatic N) is 2. The van der Waals surface area contributed by atoms with E-state index in [1.807, 2.05) is 0 Å². The van der Waals surface area contributed by atoms with Gasteiger partial charge in [0.15, 0.2) is 0 Å². The minimum absolute atomic E-state index is 0.303. The summed E-state index contributed by atoms with van der Waals surface area (Å²) in [5, 5.41) is 12.4. The number of benzene rings is 1. The van der Waals surface area contributed by atoms with Gasteiger partial charge in [0.05, 0.1) is 17.2 Å². The van der Waals surface area contributed by atoms with Gasteiger partial charge in [-0.2, -0.15) is 18.4 Å². The Bertz CT molecular complexity index is 563. The number of hydrogen-bond acceptors (Lipinski definition) is 3. The van der Waals surface area contributed by atoms with E-state index in [1.165, 1.54) is 12.1 Å². The predicted molar refractivity (Wildman–Crippen MR) is 72.9 cm³/mol. The third kappa shape index (κ3) is 2.70. The highest BCUT2D eigenvalue weighted by Crippen LogP contribution is 2.35. The van der Waals surface area contributed by atoms with Crippen molar-refractivity contribution in [2.75, 3.05) is 24.5 Å². The number of nitriles is 1. The molecule has 0 amide bonds. The van der Waals surface area contributed by atoms with E-state index in [1.54, 1.807) is 6.07 Å². The molecular formula is C15H16F3N3. The summed E-state index contributed by atoms with van der Waals surface area (Å²) >= 11 is 0. The van der Waals surface area contributed by atoms with Crippen LogP contribution >= 0.6 is 0 Å². The van der Waals surface area contributed by atoms with Crippen LogP contribution in [0.25, 0.3) is 0 Å². The first kappa shape index (κ1) is 14.2. The highest BCUT2D eigenvalue weighted by Gasteiger charge is 2.36. The summed E-state index contributed by atoms with van der Waals surface area (Å²) in [5.41, 5.74) is -0.456. The molecule has 0 spiro atoms. The molecule has 0 radical (unpaired) electrons. The summed E-state index contributed by atoms with van der Waals surface area (Å²) in [6.07, 6.45) is -2.19. The minimum atomic E-state index is -4.48. The van der Waals surface area contributed by atoms with Gasteiger partial charge in [-0.1, -0.05) is 0 Å². The summed E-state index contributed by atoms with van der Waals surface area (Å²) in [5.74, 6) is 0.548. The van der Waals surface area contributed by atoms with Crippen LogP contribution in [0.5, 0.6) is 0 Å². The molecule has 1 N–H and O–H groups in total. The molecule has 2 aliphatic heterocycles. The van der Waals surface area contributed by atoms with Crippen LogP contribution in [0.1, 0.15) is 24.0 Å². The molecule has 21 heavy (non-hydrogen) atoms. The van der Waals surface area contributed by atoms with Gasteiger partial charge in [0.1, 0.15) is 0 Å². The van der Waals surface area contributed by atoms with E-state index in [-0.39, 0.29) is 5.56 Å². The summed E-state index contributed by atoms with van der Waals surface area (Å²) in [7, 11) is 0. The third-order valence-electron chi connectivity index (χ3n) is 4.39. The molecule has 1 aromatic rings. The normalized spacial score (nSPS) is 25.5. The second kappa shape index (κ2) is 5.23. The van der Waals surface area contributed by atoms with Gasteiger partial charge in [-0.25, -0.2) is 0 Å². The fourth-order valence-corrected chi connectivity index (χ4v) is 3.33. The summed E-state index contributed by atoms with van der Waals surface area (Å²) in [6, 6.07) is 5.93. The van der Waals surface area contributed by atoms with Crippen molar-refractivity contribution in [2.45, 2.75) is 25.1 Å². The molecule has 0 saturated carbocycles. The molecule has 2 aliphatic rings. The SMILES string of the molecule is N#Cc1cc(N2CC3CCCNC3C2)ccc1C(F)(F)F. The van der Waals surface area contributed by atoms with Gasteiger partial charge in [-0.3, -0.25) is 0 Å². The van der Waals surface area contributed by atoms with E-state index >= 15 is 0 Å². The Hall–Kier alpha value is -1.74. The number of nitrogens with one attached hydrogen (secondary N) is 1. The molecule has 2 atom stereocenters. The maximum Gasteiger partial charge on any atom is 0.417 e. The highest BCUT2D eigenvalue weighted by molar-refractivity contribution is 5.56. The summed E-state index contributed by atoms with van der Waals surface area (Å²) < 4.78 is 38.4. The van der Waals surface area contributed by atoms with Crippen molar-refractivity contribution in [3.63, 3.8) is 0 Å². The fourth-order valence-electron chi connectivity index (χ4n) is 3.33. The van der Waals surface area contributed by atoms with Gasteiger partial charge in [0.2, 0.25) is 0 Å². The Morgan fingerprint density at radius 2 is 2.10 bits per heavy atom. The number of piperidine rings is 1. The van der Waals surface area contributed by atoms with Crippen LogP contribution in [0.2, 0.25) is 0 Å². The Labute approximate surface area is 121 Å². The lowest BCUT2D eigenvalue weighted by atomic mass is 9.94. The lowest BCUT2D eigenvalue weighted by Crippen LogP contribution is -2.40. The lowest BCUT2D eigenvalue weighted by molar-refractivity contribution is -0.137. The van der Waals surface area contributed by atoms with E-state index in [4.69, 9.17) is 5.26 Å². The predicted octanol–water partition coefficient (Wildman–Crippen LogP) is 2.77. The molecule has 2 unspecified atom stereocenters. The smallest absolute Gasteiger partial charge is 0.370 e. The quantitative estimate of drug-likeness (QED) is 0.866. The average molecular weight is 295 g/mol. The third-order valence-corrected chi connectivity index (χ3v) is 4.39. The number of rotatable bonds is 1. The van der Waals surface area contributed by atoms with E-state index in [0.29, 0.717) is 17.6 Å². The molecule has 0 bridgehead atoms. The van der Waals surface area contributed by atoms with Crippen LogP contribution in [0, 0.1) is 17.2 Å². The maximum atomic E-state index is 12.8. The van der Waals surface area contributed by atoms with Crippen LogP contribution in [0.4, 0.5) is 18.9 Å². The van der Waals surface area contributed by atoms with E-state index in [9.17, 15) is 13.2 Å². The van der Waals surface area contributed by atoms with Crippen molar-refractivity contribution >= 4 is 5.69 Å². The molecule has 6 heteroatoms. The number of anilines is 1. The first-order chi connectivity index (χ1) is 9.99. The molecule has 2 heterocycles. The van der Waals surface area contributed by atoms with Gasteiger partial charge in [-0.05, 0) is 43.5 Å². The molecule has 3 rings (SSSR count). The van der Waals surface area contributed by atoms with Crippen LogP contribution in [0.3, 0.4) is 0 Å². The largest absolute Gasteiger partial charge is 0.417 e. The van der Waals surface area contributed by atoms with Crippen molar-refractivity contribution in [1.82, 2.24) is 5.32 Å². The maximum absolute atomic E-state index is 12.8. The summed E-state index contributed by atoms with van der Waals surface area (Å²) in [6.45, 7) is 2.64. The molecule has 2 saturated heterocycles. The second-order valence-corrected chi connectivity index (χ2v) is 5.71. The standard InChI is InChI=1S/C15H16F3N3/c16-15(17,18)13-4-3-12(6-11(13)7-19)21-8-10-2-1-5-20-14(10)9-21/h3-4,6,10,14,20H,1-2,5,8-9H2. The van der Waals surface area contributed by atoms with E-state index < -0.39 is 11.7 Å². The molecule has 0 aromatic heterocycles. The molecule has 1 aromatic carbocycles. The first-order valence-corrected chi connectivity index (χ1v) is 7.08. The van der Waals surface area contributed by atoms with Gasteiger partial charge in [-0.15, -0.1) is 0 Å². The van der Waals surface area contributed by atoms with Crippen molar-refractivity contribution in [3.8, 4) is 6.07 Å². The second-order valence-electron chi connectivity index (χ2n) is 5.71. The zero-order valence-electron chi connectivity index (χ0n) is 11.5.